The number of nitrogens with zero attached hydrogens (tertiary/aromatic N) is 5. The second-order valence-corrected chi connectivity index (χ2v) is 5.97. The summed E-state index contributed by atoms with van der Waals surface area (Å²) in [6, 6.07) is 1.77. The number of ether oxygens (including phenoxy) is 1. The fourth-order valence-corrected chi connectivity index (χ4v) is 3.42. The van der Waals surface area contributed by atoms with Gasteiger partial charge in [0.05, 0.1) is 36.0 Å². The summed E-state index contributed by atoms with van der Waals surface area (Å²) in [6.45, 7) is 3.01. The van der Waals surface area contributed by atoms with Crippen LogP contribution in [0.1, 0.15) is 40.8 Å². The highest BCUT2D eigenvalue weighted by Crippen LogP contribution is 2.36. The van der Waals surface area contributed by atoms with Crippen LogP contribution in [-0.4, -0.2) is 56.4 Å². The van der Waals surface area contributed by atoms with Crippen LogP contribution in [0.3, 0.4) is 0 Å². The Bertz CT molecular complexity index is 704. The first kappa shape index (κ1) is 14.3. The van der Waals surface area contributed by atoms with Gasteiger partial charge in [-0.15, -0.1) is 0 Å². The van der Waals surface area contributed by atoms with Crippen LogP contribution in [-0.2, 0) is 4.74 Å². The maximum atomic E-state index is 12.9. The summed E-state index contributed by atoms with van der Waals surface area (Å²) in [5.41, 5.74) is 0.535. The smallest absolute Gasteiger partial charge is 0.255 e. The minimum atomic E-state index is -0.0543. The van der Waals surface area contributed by atoms with Crippen molar-refractivity contribution in [2.24, 2.45) is 0 Å². The van der Waals surface area contributed by atoms with Gasteiger partial charge < -0.3 is 14.2 Å². The number of rotatable bonds is 2. The van der Waals surface area contributed by atoms with Crippen molar-refractivity contribution in [3.05, 3.63) is 35.7 Å². The van der Waals surface area contributed by atoms with Gasteiger partial charge in [-0.1, -0.05) is 5.16 Å². The highest BCUT2D eigenvalue weighted by atomic mass is 16.5. The third kappa shape index (κ3) is 2.59. The molecule has 8 heteroatoms. The van der Waals surface area contributed by atoms with Crippen molar-refractivity contribution in [3.63, 3.8) is 0 Å². The Labute approximate surface area is 132 Å². The van der Waals surface area contributed by atoms with E-state index in [0.717, 1.165) is 12.8 Å². The number of hydrogen-bond acceptors (Lipinski definition) is 7. The van der Waals surface area contributed by atoms with Crippen LogP contribution in [0.4, 0.5) is 0 Å². The number of hydrogen-bond donors (Lipinski definition) is 0. The number of amides is 1. The molecular formula is C15H17N5O3. The highest BCUT2D eigenvalue weighted by Gasteiger charge is 2.44. The number of piperidine rings is 1. The molecule has 0 unspecified atom stereocenters. The topological polar surface area (TPSA) is 94.2 Å². The van der Waals surface area contributed by atoms with E-state index in [4.69, 9.17) is 9.26 Å². The monoisotopic (exact) mass is 315 g/mol. The first-order chi connectivity index (χ1) is 11.2. The van der Waals surface area contributed by atoms with Crippen molar-refractivity contribution in [1.82, 2.24) is 25.2 Å². The Morgan fingerprint density at radius 3 is 3.04 bits per heavy atom. The van der Waals surface area contributed by atoms with Gasteiger partial charge in [-0.2, -0.15) is 15.2 Å². The van der Waals surface area contributed by atoms with Crippen molar-refractivity contribution in [2.75, 3.05) is 13.2 Å². The van der Waals surface area contributed by atoms with E-state index in [1.54, 1.807) is 13.0 Å². The van der Waals surface area contributed by atoms with Crippen LogP contribution < -0.4 is 0 Å². The third-order valence-corrected chi connectivity index (χ3v) is 4.49. The lowest BCUT2D eigenvalue weighted by atomic mass is 9.89. The fraction of sp³-hybridized carbons (Fsp3) is 0.533. The molecule has 0 N–H and O–H groups in total. The zero-order valence-corrected chi connectivity index (χ0v) is 12.8. The summed E-state index contributed by atoms with van der Waals surface area (Å²) in [5, 5.41) is 11.4. The molecule has 0 aliphatic carbocycles. The van der Waals surface area contributed by atoms with E-state index in [-0.39, 0.29) is 24.0 Å². The molecule has 4 rings (SSSR count). The molecule has 0 bridgehead atoms. The van der Waals surface area contributed by atoms with Crippen molar-refractivity contribution >= 4 is 5.91 Å². The van der Waals surface area contributed by atoms with Crippen LogP contribution in [0.5, 0.6) is 0 Å². The van der Waals surface area contributed by atoms with Gasteiger partial charge in [0, 0.05) is 13.2 Å². The Morgan fingerprint density at radius 2 is 2.30 bits per heavy atom. The van der Waals surface area contributed by atoms with Crippen LogP contribution in [0.2, 0.25) is 0 Å². The molecule has 2 aliphatic heterocycles. The van der Waals surface area contributed by atoms with Crippen molar-refractivity contribution in [2.45, 2.75) is 37.8 Å². The Balaban J connectivity index is 1.62. The molecule has 8 nitrogen and oxygen atoms in total. The molecule has 120 valence electrons. The molecule has 0 aromatic carbocycles. The molecule has 23 heavy (non-hydrogen) atoms. The normalized spacial score (nSPS) is 27.0. The number of aromatic nitrogens is 4. The lowest BCUT2D eigenvalue weighted by molar-refractivity contribution is 0.0124. The van der Waals surface area contributed by atoms with E-state index in [1.807, 2.05) is 4.90 Å². The zero-order chi connectivity index (χ0) is 15.8. The average Bonchev–Trinajstić information content (AvgIpc) is 3.22. The number of likely N-dealkylation sites (tertiary alicyclic amines) is 1. The van der Waals surface area contributed by atoms with E-state index < -0.39 is 0 Å². The summed E-state index contributed by atoms with van der Waals surface area (Å²) in [6.07, 6.45) is 4.68. The van der Waals surface area contributed by atoms with Gasteiger partial charge in [0.25, 0.3) is 5.91 Å². The first-order valence-corrected chi connectivity index (χ1v) is 7.72. The zero-order valence-electron chi connectivity index (χ0n) is 12.8. The van der Waals surface area contributed by atoms with E-state index >= 15 is 0 Å². The van der Waals surface area contributed by atoms with Crippen molar-refractivity contribution in [3.8, 4) is 0 Å². The molecule has 2 aliphatic rings. The lowest BCUT2D eigenvalue weighted by Gasteiger charge is -2.39. The van der Waals surface area contributed by atoms with Gasteiger partial charge in [-0.3, -0.25) is 4.79 Å². The minimum Gasteiger partial charge on any atom is -0.376 e. The number of carbonyl (C=O) groups excluding carboxylic acids is 1. The molecule has 1 amide bonds. The van der Waals surface area contributed by atoms with Crippen molar-refractivity contribution < 1.29 is 14.1 Å². The Hall–Kier alpha value is -2.35. The van der Waals surface area contributed by atoms with Gasteiger partial charge in [-0.05, 0) is 25.8 Å². The quantitative estimate of drug-likeness (QED) is 0.814. The van der Waals surface area contributed by atoms with Gasteiger partial charge in [0.1, 0.15) is 0 Å². The van der Waals surface area contributed by atoms with E-state index in [0.29, 0.717) is 30.4 Å². The van der Waals surface area contributed by atoms with Gasteiger partial charge >= 0.3 is 0 Å². The van der Waals surface area contributed by atoms with Crippen LogP contribution >= 0.6 is 0 Å². The largest absolute Gasteiger partial charge is 0.376 e. The molecular weight excluding hydrogens is 298 g/mol. The molecule has 2 fully saturated rings. The number of aryl methyl sites for hydroxylation is 1. The molecule has 0 spiro atoms. The second kappa shape index (κ2) is 5.69. The fourth-order valence-electron chi connectivity index (χ4n) is 3.42. The van der Waals surface area contributed by atoms with Crippen LogP contribution in [0, 0.1) is 6.92 Å². The van der Waals surface area contributed by atoms with Gasteiger partial charge in [0.2, 0.25) is 5.89 Å². The molecule has 2 saturated heterocycles. The van der Waals surface area contributed by atoms with E-state index in [2.05, 4.69) is 20.3 Å². The van der Waals surface area contributed by atoms with Crippen LogP contribution in [0.15, 0.2) is 23.0 Å². The molecule has 0 radical (unpaired) electrons. The Kier molecular flexibility index (Phi) is 3.53. The second-order valence-electron chi connectivity index (χ2n) is 5.97. The summed E-state index contributed by atoms with van der Waals surface area (Å²) >= 11 is 0. The molecule has 2 aromatic heterocycles. The summed E-state index contributed by atoms with van der Waals surface area (Å²) in [4.78, 5) is 19.0. The lowest BCUT2D eigenvalue weighted by Crippen LogP contribution is -2.51. The molecule has 0 saturated carbocycles. The maximum Gasteiger partial charge on any atom is 0.255 e. The SMILES string of the molecule is Cc1noc([C@H]2C[C@H]3OCC[C@H]3N(C(=O)c3ccnnc3)C2)n1. The molecule has 2 aromatic rings. The van der Waals surface area contributed by atoms with Gasteiger partial charge in [-0.25, -0.2) is 0 Å². The standard InChI is InChI=1S/C15H17N5O3/c1-9-18-14(23-19-9)11-6-13-12(3-5-22-13)20(8-11)15(21)10-2-4-16-17-7-10/h2,4,7,11-13H,3,5-6,8H2,1H3/t11-,12+,13+/m0/s1. The summed E-state index contributed by atoms with van der Waals surface area (Å²) in [5.74, 6) is 1.11. The minimum absolute atomic E-state index is 0.00528. The summed E-state index contributed by atoms with van der Waals surface area (Å²) in [7, 11) is 0. The van der Waals surface area contributed by atoms with E-state index in [1.165, 1.54) is 12.4 Å². The van der Waals surface area contributed by atoms with Crippen molar-refractivity contribution in [1.29, 1.82) is 0 Å². The van der Waals surface area contributed by atoms with E-state index in [9.17, 15) is 4.79 Å². The molecule has 3 atom stereocenters. The predicted octanol–water partition coefficient (Wildman–Crippen LogP) is 0.955. The average molecular weight is 315 g/mol. The number of carbonyl (C=O) groups is 1. The maximum absolute atomic E-state index is 12.9. The molecule has 4 heterocycles. The first-order valence-electron chi connectivity index (χ1n) is 7.72. The predicted molar refractivity (Wildman–Crippen MR) is 77.6 cm³/mol. The van der Waals surface area contributed by atoms with Crippen LogP contribution in [0.25, 0.3) is 0 Å². The summed E-state index contributed by atoms with van der Waals surface area (Å²) < 4.78 is 11.1. The third-order valence-electron chi connectivity index (χ3n) is 4.49. The van der Waals surface area contributed by atoms with Gasteiger partial charge in [0.15, 0.2) is 5.82 Å². The number of fused-ring (bicyclic) bond motifs is 1. The highest BCUT2D eigenvalue weighted by molar-refractivity contribution is 5.94. The Morgan fingerprint density at radius 1 is 1.39 bits per heavy atom.